The van der Waals surface area contributed by atoms with Gasteiger partial charge in [-0.15, -0.1) is 0 Å². The smallest absolute Gasteiger partial charge is 0.102 e. The fourth-order valence-electron chi connectivity index (χ4n) is 4.27. The third-order valence-corrected chi connectivity index (χ3v) is 5.50. The van der Waals surface area contributed by atoms with E-state index >= 15 is 0 Å². The van der Waals surface area contributed by atoms with Crippen LogP contribution in [0.25, 0.3) is 0 Å². The van der Waals surface area contributed by atoms with Gasteiger partial charge in [-0.25, -0.2) is 0 Å². The van der Waals surface area contributed by atoms with Gasteiger partial charge >= 0.3 is 0 Å². The maximum absolute atomic E-state index is 5.59. The average Bonchev–Trinajstić information content (AvgIpc) is 2.50. The van der Waals surface area contributed by atoms with Crippen LogP contribution in [-0.2, 0) is 9.47 Å². The molecule has 124 valence electrons. The van der Waals surface area contributed by atoms with Crippen LogP contribution in [0.4, 0.5) is 0 Å². The standard InChI is InChI=1S/C17H36N2O2/c1-3-6-18(10-14-20-15-11-18)8-5-9-19(7-4-2)12-16-21-17-13-19/h3-17H2,1-2H3/q+2. The average molecular weight is 300 g/mol. The van der Waals surface area contributed by atoms with Crippen molar-refractivity contribution < 1.29 is 18.4 Å². The Hall–Kier alpha value is -0.160. The molecule has 2 fully saturated rings. The molecule has 2 aliphatic heterocycles. The fraction of sp³-hybridized carbons (Fsp3) is 1.00. The van der Waals surface area contributed by atoms with E-state index in [1.807, 2.05) is 0 Å². The minimum absolute atomic E-state index is 0.961. The summed E-state index contributed by atoms with van der Waals surface area (Å²) >= 11 is 0. The normalized spacial score (nSPS) is 24.9. The van der Waals surface area contributed by atoms with Gasteiger partial charge in [-0.2, -0.15) is 0 Å². The van der Waals surface area contributed by atoms with E-state index < -0.39 is 0 Å². The maximum Gasteiger partial charge on any atom is 0.102 e. The number of nitrogens with zero attached hydrogens (tertiary/aromatic N) is 2. The van der Waals surface area contributed by atoms with Crippen molar-refractivity contribution in [1.82, 2.24) is 0 Å². The number of hydrogen-bond donors (Lipinski definition) is 0. The number of ether oxygens (including phenoxy) is 2. The Morgan fingerprint density at radius 1 is 0.619 bits per heavy atom. The molecule has 2 aliphatic rings. The van der Waals surface area contributed by atoms with Crippen molar-refractivity contribution in [2.75, 3.05) is 78.8 Å². The first-order valence-corrected chi connectivity index (χ1v) is 9.10. The molecule has 0 amide bonds. The van der Waals surface area contributed by atoms with Crippen LogP contribution in [0.3, 0.4) is 0 Å². The molecule has 21 heavy (non-hydrogen) atoms. The summed E-state index contributed by atoms with van der Waals surface area (Å²) < 4.78 is 13.8. The van der Waals surface area contributed by atoms with Gasteiger partial charge in [0, 0.05) is 6.42 Å². The van der Waals surface area contributed by atoms with Crippen LogP contribution in [-0.4, -0.2) is 87.8 Å². The molecule has 4 nitrogen and oxygen atoms in total. The summed E-state index contributed by atoms with van der Waals surface area (Å²) in [5.74, 6) is 0. The van der Waals surface area contributed by atoms with Gasteiger partial charge in [-0.05, 0) is 12.8 Å². The first-order valence-electron chi connectivity index (χ1n) is 9.10. The molecule has 2 saturated heterocycles. The second-order valence-corrected chi connectivity index (χ2v) is 7.05. The zero-order valence-electron chi connectivity index (χ0n) is 14.3. The number of morpholine rings is 2. The van der Waals surface area contributed by atoms with E-state index in [4.69, 9.17) is 9.47 Å². The van der Waals surface area contributed by atoms with Gasteiger partial charge in [-0.3, -0.25) is 0 Å². The summed E-state index contributed by atoms with van der Waals surface area (Å²) in [5, 5.41) is 0. The van der Waals surface area contributed by atoms with E-state index in [9.17, 15) is 0 Å². The molecular weight excluding hydrogens is 264 g/mol. The lowest BCUT2D eigenvalue weighted by molar-refractivity contribution is -0.952. The number of hydrogen-bond acceptors (Lipinski definition) is 2. The molecule has 0 aromatic rings. The predicted molar refractivity (Wildman–Crippen MR) is 86.3 cm³/mol. The Balaban J connectivity index is 1.84. The summed E-state index contributed by atoms with van der Waals surface area (Å²) in [6.45, 7) is 18.8. The first kappa shape index (κ1) is 17.2. The third kappa shape index (κ3) is 4.92. The molecule has 0 aromatic heterocycles. The Morgan fingerprint density at radius 3 is 1.33 bits per heavy atom. The van der Waals surface area contributed by atoms with Crippen LogP contribution in [0.2, 0.25) is 0 Å². The zero-order valence-corrected chi connectivity index (χ0v) is 14.3. The Morgan fingerprint density at radius 2 is 1.00 bits per heavy atom. The second-order valence-electron chi connectivity index (χ2n) is 7.05. The Bertz CT molecular complexity index is 245. The van der Waals surface area contributed by atoms with E-state index in [0.717, 1.165) is 26.4 Å². The largest absolute Gasteiger partial charge is 0.370 e. The van der Waals surface area contributed by atoms with Gasteiger partial charge in [0.2, 0.25) is 0 Å². The van der Waals surface area contributed by atoms with Gasteiger partial charge in [0.1, 0.15) is 26.2 Å². The van der Waals surface area contributed by atoms with Gasteiger partial charge < -0.3 is 18.4 Å². The zero-order chi connectivity index (χ0) is 15.0. The molecule has 2 heterocycles. The van der Waals surface area contributed by atoms with Crippen LogP contribution in [0.1, 0.15) is 33.1 Å². The maximum atomic E-state index is 5.59. The monoisotopic (exact) mass is 300 g/mol. The first-order chi connectivity index (χ1) is 10.2. The van der Waals surface area contributed by atoms with Gasteiger partial charge in [-0.1, -0.05) is 13.8 Å². The predicted octanol–water partition coefficient (Wildman–Crippen LogP) is 1.89. The molecule has 0 bridgehead atoms. The summed E-state index contributed by atoms with van der Waals surface area (Å²) in [6, 6.07) is 0. The van der Waals surface area contributed by atoms with Crippen molar-refractivity contribution in [3.8, 4) is 0 Å². The SMILES string of the molecule is CCC[N+]1(CCC[N+]2(CCC)CCOCC2)CCOCC1. The van der Waals surface area contributed by atoms with Crippen molar-refractivity contribution in [3.63, 3.8) is 0 Å². The molecule has 0 aliphatic carbocycles. The molecule has 0 radical (unpaired) electrons. The highest BCUT2D eigenvalue weighted by Crippen LogP contribution is 2.18. The second kappa shape index (κ2) is 8.47. The van der Waals surface area contributed by atoms with E-state index in [0.29, 0.717) is 0 Å². The van der Waals surface area contributed by atoms with Crippen LogP contribution in [0.5, 0.6) is 0 Å². The highest BCUT2D eigenvalue weighted by Gasteiger charge is 2.33. The van der Waals surface area contributed by atoms with E-state index in [2.05, 4.69) is 13.8 Å². The van der Waals surface area contributed by atoms with Crippen LogP contribution in [0, 0.1) is 0 Å². The fourth-order valence-corrected chi connectivity index (χ4v) is 4.27. The summed E-state index contributed by atoms with van der Waals surface area (Å²) in [6.07, 6.45) is 3.95. The molecule has 0 atom stereocenters. The van der Waals surface area contributed by atoms with Crippen molar-refractivity contribution in [1.29, 1.82) is 0 Å². The van der Waals surface area contributed by atoms with Crippen molar-refractivity contribution >= 4 is 0 Å². The van der Waals surface area contributed by atoms with E-state index in [-0.39, 0.29) is 0 Å². The Labute approximate surface area is 131 Å². The molecular formula is C17H36N2O2+2. The van der Waals surface area contributed by atoms with Crippen molar-refractivity contribution in [3.05, 3.63) is 0 Å². The summed E-state index contributed by atoms with van der Waals surface area (Å²) in [4.78, 5) is 0. The van der Waals surface area contributed by atoms with Crippen LogP contribution < -0.4 is 0 Å². The van der Waals surface area contributed by atoms with Crippen LogP contribution in [0.15, 0.2) is 0 Å². The molecule has 0 saturated carbocycles. The number of quaternary nitrogens is 2. The van der Waals surface area contributed by atoms with E-state index in [1.165, 1.54) is 80.6 Å². The lowest BCUT2D eigenvalue weighted by atomic mass is 10.2. The number of rotatable bonds is 8. The summed E-state index contributed by atoms with van der Waals surface area (Å²) in [7, 11) is 0. The van der Waals surface area contributed by atoms with E-state index in [1.54, 1.807) is 0 Å². The van der Waals surface area contributed by atoms with Gasteiger partial charge in [0.05, 0.1) is 52.6 Å². The highest BCUT2D eigenvalue weighted by molar-refractivity contribution is 4.55. The lowest BCUT2D eigenvalue weighted by Gasteiger charge is -2.44. The minimum atomic E-state index is 0.961. The molecule has 0 spiro atoms. The molecule has 2 rings (SSSR count). The third-order valence-electron chi connectivity index (χ3n) is 5.50. The lowest BCUT2D eigenvalue weighted by Crippen LogP contribution is -2.59. The van der Waals surface area contributed by atoms with Crippen molar-refractivity contribution in [2.45, 2.75) is 33.1 Å². The quantitative estimate of drug-likeness (QED) is 0.637. The van der Waals surface area contributed by atoms with Crippen LogP contribution >= 0.6 is 0 Å². The molecule has 0 unspecified atom stereocenters. The minimum Gasteiger partial charge on any atom is -0.370 e. The summed E-state index contributed by atoms with van der Waals surface area (Å²) in [5.41, 5.74) is 0. The highest BCUT2D eigenvalue weighted by atomic mass is 16.5. The van der Waals surface area contributed by atoms with Gasteiger partial charge in [0.25, 0.3) is 0 Å². The molecule has 0 aromatic carbocycles. The topological polar surface area (TPSA) is 18.5 Å². The Kier molecular flexibility index (Phi) is 6.93. The molecule has 0 N–H and O–H groups in total. The van der Waals surface area contributed by atoms with Crippen molar-refractivity contribution in [2.24, 2.45) is 0 Å². The van der Waals surface area contributed by atoms with Gasteiger partial charge in [0.15, 0.2) is 0 Å². The molecule has 4 heteroatoms.